The van der Waals surface area contributed by atoms with Crippen LogP contribution in [0.3, 0.4) is 0 Å². The van der Waals surface area contributed by atoms with E-state index in [9.17, 15) is 0 Å². The van der Waals surface area contributed by atoms with Crippen LogP contribution in [0, 0.1) is 6.92 Å². The monoisotopic (exact) mass is 165 g/mol. The highest BCUT2D eigenvalue weighted by Crippen LogP contribution is 2.13. The summed E-state index contributed by atoms with van der Waals surface area (Å²) >= 11 is 0. The van der Waals surface area contributed by atoms with Crippen molar-refractivity contribution >= 4 is 5.95 Å². The van der Waals surface area contributed by atoms with Crippen molar-refractivity contribution < 1.29 is 4.42 Å². The van der Waals surface area contributed by atoms with Crippen molar-refractivity contribution in [1.82, 2.24) is 20.2 Å². The zero-order valence-electron chi connectivity index (χ0n) is 6.40. The number of oxazole rings is 1. The molecule has 3 N–H and O–H groups in total. The molecular weight excluding hydrogens is 158 g/mol. The highest BCUT2D eigenvalue weighted by atomic mass is 16.3. The minimum Gasteiger partial charge on any atom is -0.449 e. The first-order chi connectivity index (χ1) is 5.75. The number of nitrogens with zero attached hydrogens (tertiary/aromatic N) is 3. The summed E-state index contributed by atoms with van der Waals surface area (Å²) in [6.07, 6.45) is 1.50. The molecule has 0 spiro atoms. The number of nitrogens with two attached hydrogens (primary N) is 1. The van der Waals surface area contributed by atoms with Crippen LogP contribution in [0.1, 0.15) is 5.89 Å². The lowest BCUT2D eigenvalue weighted by Crippen LogP contribution is -1.85. The van der Waals surface area contributed by atoms with E-state index >= 15 is 0 Å². The predicted octanol–water partition coefficient (Wildman–Crippen LogP) is 0.350. The first-order valence-corrected chi connectivity index (χ1v) is 3.36. The molecule has 0 atom stereocenters. The van der Waals surface area contributed by atoms with Crippen LogP contribution in [0.2, 0.25) is 0 Å². The Morgan fingerprint density at radius 1 is 1.50 bits per heavy atom. The van der Waals surface area contributed by atoms with Gasteiger partial charge in [0.15, 0.2) is 11.7 Å². The minimum absolute atomic E-state index is 0.200. The quantitative estimate of drug-likeness (QED) is 0.635. The molecule has 0 aliphatic heterocycles. The van der Waals surface area contributed by atoms with Gasteiger partial charge in [-0.15, -0.1) is 5.10 Å². The molecule has 0 amide bonds. The van der Waals surface area contributed by atoms with E-state index in [1.807, 2.05) is 0 Å². The Kier molecular flexibility index (Phi) is 1.33. The van der Waals surface area contributed by atoms with Crippen LogP contribution >= 0.6 is 0 Å². The molecule has 2 aromatic heterocycles. The second-order valence-corrected chi connectivity index (χ2v) is 2.29. The number of hydrogen-bond acceptors (Lipinski definition) is 5. The number of aromatic nitrogens is 4. The van der Waals surface area contributed by atoms with E-state index in [2.05, 4.69) is 20.2 Å². The van der Waals surface area contributed by atoms with Gasteiger partial charge in [-0.2, -0.15) is 4.98 Å². The van der Waals surface area contributed by atoms with Gasteiger partial charge in [0.05, 0.1) is 0 Å². The van der Waals surface area contributed by atoms with Crippen LogP contribution in [0.4, 0.5) is 5.95 Å². The van der Waals surface area contributed by atoms with E-state index in [0.717, 1.165) is 0 Å². The summed E-state index contributed by atoms with van der Waals surface area (Å²) in [5, 5.41) is 6.29. The summed E-state index contributed by atoms with van der Waals surface area (Å²) in [6, 6.07) is 0. The van der Waals surface area contributed by atoms with Gasteiger partial charge in [-0.25, -0.2) is 4.98 Å². The number of nitrogen functional groups attached to an aromatic ring is 1. The molecule has 0 radical (unpaired) electrons. The molecule has 2 heterocycles. The average molecular weight is 165 g/mol. The number of aryl methyl sites for hydroxylation is 1. The molecule has 2 aromatic rings. The number of aromatic amines is 1. The van der Waals surface area contributed by atoms with E-state index < -0.39 is 0 Å². The van der Waals surface area contributed by atoms with E-state index in [0.29, 0.717) is 17.4 Å². The SMILES string of the molecule is Cc1nc(-c2nc(N)n[nH]2)co1. The molecule has 62 valence electrons. The van der Waals surface area contributed by atoms with Gasteiger partial charge in [0.25, 0.3) is 0 Å². The van der Waals surface area contributed by atoms with Crippen LogP contribution in [0.25, 0.3) is 11.5 Å². The smallest absolute Gasteiger partial charge is 0.239 e. The van der Waals surface area contributed by atoms with Crippen LogP contribution in [0.15, 0.2) is 10.7 Å². The predicted molar refractivity (Wildman–Crippen MR) is 41.0 cm³/mol. The number of anilines is 1. The van der Waals surface area contributed by atoms with Crippen molar-refractivity contribution in [2.75, 3.05) is 5.73 Å². The maximum absolute atomic E-state index is 5.31. The Morgan fingerprint density at radius 3 is 2.83 bits per heavy atom. The van der Waals surface area contributed by atoms with E-state index in [1.54, 1.807) is 6.92 Å². The topological polar surface area (TPSA) is 93.6 Å². The maximum Gasteiger partial charge on any atom is 0.239 e. The third-order valence-electron chi connectivity index (χ3n) is 1.36. The molecule has 12 heavy (non-hydrogen) atoms. The Morgan fingerprint density at radius 2 is 2.33 bits per heavy atom. The lowest BCUT2D eigenvalue weighted by molar-refractivity contribution is 0.521. The van der Waals surface area contributed by atoms with Crippen LogP contribution in [-0.4, -0.2) is 20.2 Å². The van der Waals surface area contributed by atoms with Gasteiger partial charge >= 0.3 is 0 Å². The third-order valence-corrected chi connectivity index (χ3v) is 1.36. The van der Waals surface area contributed by atoms with Crippen molar-refractivity contribution in [1.29, 1.82) is 0 Å². The molecule has 0 bridgehead atoms. The van der Waals surface area contributed by atoms with Gasteiger partial charge in [0.2, 0.25) is 5.95 Å². The van der Waals surface area contributed by atoms with Gasteiger partial charge < -0.3 is 10.2 Å². The zero-order chi connectivity index (χ0) is 8.55. The summed E-state index contributed by atoms with van der Waals surface area (Å²) in [6.45, 7) is 1.75. The highest BCUT2D eigenvalue weighted by molar-refractivity contribution is 5.47. The molecule has 6 nitrogen and oxygen atoms in total. The second-order valence-electron chi connectivity index (χ2n) is 2.29. The van der Waals surface area contributed by atoms with Gasteiger partial charge in [-0.3, -0.25) is 5.10 Å². The standard InChI is InChI=1S/C6H7N5O/c1-3-8-4(2-12-3)5-9-6(7)11-10-5/h2H,1H3,(H3,7,9,10,11). The van der Waals surface area contributed by atoms with Crippen molar-refractivity contribution in [3.8, 4) is 11.5 Å². The van der Waals surface area contributed by atoms with Crippen LogP contribution in [0.5, 0.6) is 0 Å². The Bertz CT molecular complexity index is 352. The summed E-state index contributed by atoms with van der Waals surface area (Å²) in [5.74, 6) is 1.30. The molecule has 2 rings (SSSR count). The molecule has 0 saturated heterocycles. The van der Waals surface area contributed by atoms with Gasteiger partial charge in [0.1, 0.15) is 12.0 Å². The number of nitrogens with one attached hydrogen (secondary N) is 1. The fraction of sp³-hybridized carbons (Fsp3) is 0.167. The number of H-pyrrole nitrogens is 1. The van der Waals surface area contributed by atoms with Crippen molar-refractivity contribution in [2.24, 2.45) is 0 Å². The second kappa shape index (κ2) is 2.33. The van der Waals surface area contributed by atoms with E-state index in [4.69, 9.17) is 10.2 Å². The lowest BCUT2D eigenvalue weighted by Gasteiger charge is -1.81. The van der Waals surface area contributed by atoms with Gasteiger partial charge in [-0.1, -0.05) is 0 Å². The first-order valence-electron chi connectivity index (χ1n) is 3.36. The Hall–Kier alpha value is -1.85. The fourth-order valence-corrected chi connectivity index (χ4v) is 0.862. The highest BCUT2D eigenvalue weighted by Gasteiger charge is 2.06. The minimum atomic E-state index is 0.200. The fourth-order valence-electron chi connectivity index (χ4n) is 0.862. The molecule has 6 heteroatoms. The lowest BCUT2D eigenvalue weighted by atomic mass is 10.5. The summed E-state index contributed by atoms with van der Waals surface area (Å²) in [7, 11) is 0. The van der Waals surface area contributed by atoms with E-state index in [-0.39, 0.29) is 5.95 Å². The Labute approximate surface area is 67.8 Å². The van der Waals surface area contributed by atoms with Crippen LogP contribution in [-0.2, 0) is 0 Å². The summed E-state index contributed by atoms with van der Waals surface area (Å²) < 4.78 is 4.99. The van der Waals surface area contributed by atoms with Gasteiger partial charge in [0, 0.05) is 6.92 Å². The van der Waals surface area contributed by atoms with E-state index in [1.165, 1.54) is 6.26 Å². The van der Waals surface area contributed by atoms with Crippen LogP contribution < -0.4 is 5.73 Å². The number of rotatable bonds is 1. The molecule has 0 saturated carbocycles. The summed E-state index contributed by atoms with van der Waals surface area (Å²) in [4.78, 5) is 7.92. The molecule has 0 fully saturated rings. The Balaban J connectivity index is 2.43. The summed E-state index contributed by atoms with van der Waals surface area (Å²) in [5.41, 5.74) is 5.92. The average Bonchev–Trinajstić information content (AvgIpc) is 2.58. The maximum atomic E-state index is 5.31. The van der Waals surface area contributed by atoms with Gasteiger partial charge in [-0.05, 0) is 0 Å². The number of hydrogen-bond donors (Lipinski definition) is 2. The first kappa shape index (κ1) is 6.84. The molecule has 0 aliphatic rings. The van der Waals surface area contributed by atoms with Crippen molar-refractivity contribution in [3.05, 3.63) is 12.2 Å². The zero-order valence-corrected chi connectivity index (χ0v) is 6.40. The van der Waals surface area contributed by atoms with Crippen molar-refractivity contribution in [3.63, 3.8) is 0 Å². The van der Waals surface area contributed by atoms with Crippen molar-refractivity contribution in [2.45, 2.75) is 6.92 Å². The third kappa shape index (κ3) is 1.03. The molecule has 0 aromatic carbocycles. The normalized spacial score (nSPS) is 10.4. The molecular formula is C6H7N5O. The molecule has 0 aliphatic carbocycles. The molecule has 0 unspecified atom stereocenters. The largest absolute Gasteiger partial charge is 0.449 e.